The van der Waals surface area contributed by atoms with Gasteiger partial charge in [0.05, 0.1) is 0 Å². The number of thioether (sulfide) groups is 2. The van der Waals surface area contributed by atoms with E-state index in [9.17, 15) is 0 Å². The molecule has 1 heterocycles. The van der Waals surface area contributed by atoms with Crippen LogP contribution in [0.2, 0.25) is 0 Å². The Balaban J connectivity index is 2.06. The lowest BCUT2D eigenvalue weighted by molar-refractivity contribution is 0.457. The molecule has 0 radical (unpaired) electrons. The van der Waals surface area contributed by atoms with Crippen LogP contribution in [0.3, 0.4) is 0 Å². The van der Waals surface area contributed by atoms with Crippen molar-refractivity contribution in [1.29, 1.82) is 0 Å². The largest absolute Gasteiger partial charge is 0.119 e. The summed E-state index contributed by atoms with van der Waals surface area (Å²) in [6.45, 7) is 4.80. The summed E-state index contributed by atoms with van der Waals surface area (Å²) >= 11 is 4.21. The molecule has 2 unspecified atom stereocenters. The van der Waals surface area contributed by atoms with Crippen LogP contribution in [0.5, 0.6) is 0 Å². The van der Waals surface area contributed by atoms with E-state index in [1.54, 1.807) is 9.81 Å². The molecule has 0 aromatic carbocycles. The molecule has 13 heavy (non-hydrogen) atoms. The van der Waals surface area contributed by atoms with Crippen LogP contribution in [0, 0.1) is 11.8 Å². The van der Waals surface area contributed by atoms with E-state index >= 15 is 0 Å². The zero-order valence-corrected chi connectivity index (χ0v) is 10.1. The molecule has 0 amide bonds. The molecule has 2 rings (SSSR count). The summed E-state index contributed by atoms with van der Waals surface area (Å²) in [5.74, 6) is 4.56. The van der Waals surface area contributed by atoms with Crippen molar-refractivity contribution < 1.29 is 0 Å². The van der Waals surface area contributed by atoms with Gasteiger partial charge in [0.1, 0.15) is 0 Å². The van der Waals surface area contributed by atoms with Crippen LogP contribution < -0.4 is 0 Å². The van der Waals surface area contributed by atoms with Gasteiger partial charge in [-0.05, 0) is 48.2 Å². The van der Waals surface area contributed by atoms with Crippen molar-refractivity contribution in [3.63, 3.8) is 0 Å². The molecular weight excluding hydrogens is 196 g/mol. The van der Waals surface area contributed by atoms with Gasteiger partial charge in [0, 0.05) is 4.24 Å². The number of rotatable bonds is 0. The highest BCUT2D eigenvalue weighted by Crippen LogP contribution is 2.45. The first-order valence-electron chi connectivity index (χ1n) is 5.25. The summed E-state index contributed by atoms with van der Waals surface area (Å²) in [5.41, 5.74) is 1.77. The molecule has 0 aromatic heterocycles. The Morgan fingerprint density at radius 2 is 1.54 bits per heavy atom. The minimum Gasteiger partial charge on any atom is -0.119 e. The summed E-state index contributed by atoms with van der Waals surface area (Å²) in [7, 11) is 0. The van der Waals surface area contributed by atoms with E-state index in [1.165, 1.54) is 30.8 Å². The van der Waals surface area contributed by atoms with Crippen molar-refractivity contribution in [2.75, 3.05) is 11.5 Å². The van der Waals surface area contributed by atoms with Crippen LogP contribution in [-0.2, 0) is 0 Å². The highest BCUT2D eigenvalue weighted by molar-refractivity contribution is 8.22. The summed E-state index contributed by atoms with van der Waals surface area (Å²) in [6, 6.07) is 0. The highest BCUT2D eigenvalue weighted by atomic mass is 32.2. The predicted octanol–water partition coefficient (Wildman–Crippen LogP) is 4.13. The number of hydrogen-bond donors (Lipinski definition) is 0. The second kappa shape index (κ2) is 4.31. The van der Waals surface area contributed by atoms with Gasteiger partial charge in [-0.2, -0.15) is 0 Å². The Hall–Kier alpha value is 0.440. The molecule has 1 saturated heterocycles. The van der Waals surface area contributed by atoms with Crippen LogP contribution in [-0.4, -0.2) is 11.5 Å². The number of hydrogen-bond acceptors (Lipinski definition) is 2. The number of allylic oxidation sites excluding steroid dienone is 1. The maximum absolute atomic E-state index is 2.40. The van der Waals surface area contributed by atoms with E-state index in [-0.39, 0.29) is 0 Å². The summed E-state index contributed by atoms with van der Waals surface area (Å²) in [5, 5.41) is 0. The highest BCUT2D eigenvalue weighted by Gasteiger charge is 2.26. The third-order valence-corrected chi connectivity index (χ3v) is 5.95. The van der Waals surface area contributed by atoms with Gasteiger partial charge in [-0.15, -0.1) is 23.5 Å². The zero-order chi connectivity index (χ0) is 9.26. The van der Waals surface area contributed by atoms with E-state index in [0.717, 1.165) is 11.8 Å². The second-order valence-corrected chi connectivity index (χ2v) is 6.77. The lowest BCUT2D eigenvalue weighted by Crippen LogP contribution is -1.95. The van der Waals surface area contributed by atoms with Crippen LogP contribution in [0.4, 0.5) is 0 Å². The molecule has 0 bridgehead atoms. The van der Waals surface area contributed by atoms with E-state index in [1.807, 2.05) is 0 Å². The molecule has 74 valence electrons. The molecule has 2 atom stereocenters. The minimum absolute atomic E-state index is 0.922. The summed E-state index contributed by atoms with van der Waals surface area (Å²) < 4.78 is 1.68. The zero-order valence-electron chi connectivity index (χ0n) is 8.51. The standard InChI is InChI=1S/C11H18S2/c1-8-6-10(7-9(8)2)11-12-4-3-5-13-11/h8-9H,3-7H2,1-2H3. The molecule has 0 aromatic rings. The lowest BCUT2D eigenvalue weighted by Gasteiger charge is -2.15. The Morgan fingerprint density at radius 3 is 2.08 bits per heavy atom. The van der Waals surface area contributed by atoms with Crippen molar-refractivity contribution in [1.82, 2.24) is 0 Å². The monoisotopic (exact) mass is 214 g/mol. The fourth-order valence-electron chi connectivity index (χ4n) is 2.06. The fourth-order valence-corrected chi connectivity index (χ4v) is 4.77. The van der Waals surface area contributed by atoms with Crippen molar-refractivity contribution >= 4 is 23.5 Å². The molecule has 2 aliphatic rings. The van der Waals surface area contributed by atoms with Crippen LogP contribution >= 0.6 is 23.5 Å². The lowest BCUT2D eigenvalue weighted by atomic mass is 10.0. The average molecular weight is 214 g/mol. The van der Waals surface area contributed by atoms with Gasteiger partial charge >= 0.3 is 0 Å². The van der Waals surface area contributed by atoms with Crippen molar-refractivity contribution in [2.24, 2.45) is 11.8 Å². The van der Waals surface area contributed by atoms with E-state index in [0.29, 0.717) is 0 Å². The smallest absolute Gasteiger partial charge is 0.0393 e. The minimum atomic E-state index is 0.922. The maximum atomic E-state index is 2.40. The molecular formula is C11H18S2. The topological polar surface area (TPSA) is 0 Å². The molecule has 1 aliphatic carbocycles. The first kappa shape index (κ1) is 9.97. The Morgan fingerprint density at radius 1 is 1.00 bits per heavy atom. The molecule has 0 nitrogen and oxygen atoms in total. The fraction of sp³-hybridized carbons (Fsp3) is 0.818. The third kappa shape index (κ3) is 2.27. The van der Waals surface area contributed by atoms with Gasteiger partial charge in [-0.3, -0.25) is 0 Å². The van der Waals surface area contributed by atoms with Gasteiger partial charge in [0.25, 0.3) is 0 Å². The molecule has 2 fully saturated rings. The van der Waals surface area contributed by atoms with Gasteiger partial charge in [-0.25, -0.2) is 0 Å². The summed E-state index contributed by atoms with van der Waals surface area (Å²) in [6.07, 6.45) is 4.14. The SMILES string of the molecule is CC1CC(=C2SCCCS2)CC1C. The van der Waals surface area contributed by atoms with Crippen molar-refractivity contribution in [3.05, 3.63) is 9.81 Å². The molecule has 2 heteroatoms. The van der Waals surface area contributed by atoms with Gasteiger partial charge in [0.15, 0.2) is 0 Å². The Kier molecular flexibility index (Phi) is 3.31. The van der Waals surface area contributed by atoms with E-state index < -0.39 is 0 Å². The molecule has 0 spiro atoms. The average Bonchev–Trinajstić information content (AvgIpc) is 2.49. The van der Waals surface area contributed by atoms with Gasteiger partial charge in [-0.1, -0.05) is 13.8 Å². The summed E-state index contributed by atoms with van der Waals surface area (Å²) in [4.78, 5) is 0. The Bertz CT molecular complexity index is 200. The predicted molar refractivity (Wildman–Crippen MR) is 64.1 cm³/mol. The normalized spacial score (nSPS) is 35.5. The molecule has 0 N–H and O–H groups in total. The van der Waals surface area contributed by atoms with Crippen molar-refractivity contribution in [2.45, 2.75) is 33.1 Å². The first-order valence-corrected chi connectivity index (χ1v) is 7.22. The van der Waals surface area contributed by atoms with Crippen molar-refractivity contribution in [3.8, 4) is 0 Å². The molecule has 1 saturated carbocycles. The van der Waals surface area contributed by atoms with Crippen LogP contribution in [0.15, 0.2) is 9.81 Å². The third-order valence-electron chi connectivity index (χ3n) is 3.15. The maximum Gasteiger partial charge on any atom is 0.0393 e. The van der Waals surface area contributed by atoms with Gasteiger partial charge in [0.2, 0.25) is 0 Å². The van der Waals surface area contributed by atoms with Crippen LogP contribution in [0.1, 0.15) is 33.1 Å². The molecule has 1 aliphatic heterocycles. The van der Waals surface area contributed by atoms with E-state index in [2.05, 4.69) is 37.4 Å². The Labute approximate surface area is 89.9 Å². The van der Waals surface area contributed by atoms with Gasteiger partial charge < -0.3 is 0 Å². The van der Waals surface area contributed by atoms with E-state index in [4.69, 9.17) is 0 Å². The first-order chi connectivity index (χ1) is 6.27. The second-order valence-electron chi connectivity index (χ2n) is 4.30. The quantitative estimate of drug-likeness (QED) is 0.594. The van der Waals surface area contributed by atoms with Crippen LogP contribution in [0.25, 0.3) is 0 Å².